The molecule has 0 atom stereocenters. The molecule has 0 aliphatic carbocycles. The molecule has 0 aromatic carbocycles. The molecule has 0 spiro atoms. The second kappa shape index (κ2) is 3.51. The Morgan fingerprint density at radius 2 is 2.43 bits per heavy atom. The highest BCUT2D eigenvalue weighted by molar-refractivity contribution is 7.18. The quantitative estimate of drug-likeness (QED) is 0.778. The predicted molar refractivity (Wildman–Crippen MR) is 55.5 cm³/mol. The average molecular weight is 210 g/mol. The summed E-state index contributed by atoms with van der Waals surface area (Å²) in [6, 6.07) is 1.85. The van der Waals surface area contributed by atoms with E-state index in [2.05, 4.69) is 9.97 Å². The molecule has 2 aromatic heterocycles. The molecule has 0 amide bonds. The molecule has 0 saturated heterocycles. The summed E-state index contributed by atoms with van der Waals surface area (Å²) in [6.45, 7) is 1.80. The van der Waals surface area contributed by atoms with E-state index in [-0.39, 0.29) is 12.2 Å². The van der Waals surface area contributed by atoms with Gasteiger partial charge < -0.3 is 10.1 Å². The minimum atomic E-state index is -0.232. The Bertz CT molecular complexity index is 515. The van der Waals surface area contributed by atoms with Gasteiger partial charge in [-0.05, 0) is 12.5 Å². The monoisotopic (exact) mass is 210 g/mol. The van der Waals surface area contributed by atoms with Crippen LogP contribution in [0.25, 0.3) is 10.2 Å². The number of aliphatic hydroxyl groups is 1. The maximum atomic E-state index is 11.5. The number of aromatic nitrogens is 2. The molecule has 0 radical (unpaired) electrons. The van der Waals surface area contributed by atoms with E-state index in [0.717, 1.165) is 11.3 Å². The molecular weight excluding hydrogens is 200 g/mol. The lowest BCUT2D eigenvalue weighted by Gasteiger charge is -1.93. The molecule has 14 heavy (non-hydrogen) atoms. The van der Waals surface area contributed by atoms with Crippen molar-refractivity contribution in [3.8, 4) is 0 Å². The number of aromatic amines is 1. The molecule has 74 valence electrons. The van der Waals surface area contributed by atoms with Gasteiger partial charge in [0.05, 0.1) is 5.39 Å². The number of hydrogen-bond donors (Lipinski definition) is 2. The Balaban J connectivity index is 2.73. The Kier molecular flexibility index (Phi) is 2.35. The normalized spacial score (nSPS) is 11.0. The van der Waals surface area contributed by atoms with Crippen LogP contribution in [0.3, 0.4) is 0 Å². The second-order valence-electron chi connectivity index (χ2n) is 2.96. The molecule has 2 aromatic rings. The number of nitrogens with one attached hydrogen (secondary N) is 1. The van der Waals surface area contributed by atoms with Gasteiger partial charge in [0.15, 0.2) is 0 Å². The molecule has 0 saturated carbocycles. The second-order valence-corrected chi connectivity index (χ2v) is 4.07. The maximum absolute atomic E-state index is 11.5. The van der Waals surface area contributed by atoms with Crippen molar-refractivity contribution in [1.82, 2.24) is 9.97 Å². The molecule has 4 nitrogen and oxygen atoms in total. The van der Waals surface area contributed by atoms with Crippen molar-refractivity contribution in [2.75, 3.05) is 0 Å². The summed E-state index contributed by atoms with van der Waals surface area (Å²) in [5.41, 5.74) is -0.171. The number of nitrogens with zero attached hydrogens (tertiary/aromatic N) is 1. The van der Waals surface area contributed by atoms with Crippen LogP contribution in [0.4, 0.5) is 0 Å². The first-order chi connectivity index (χ1) is 6.74. The number of hydrogen-bond acceptors (Lipinski definition) is 4. The Hall–Kier alpha value is -1.20. The van der Waals surface area contributed by atoms with Gasteiger partial charge in [-0.3, -0.25) is 4.79 Å². The van der Waals surface area contributed by atoms with Gasteiger partial charge in [-0.2, -0.15) is 0 Å². The van der Waals surface area contributed by atoms with Crippen LogP contribution in [0.2, 0.25) is 0 Å². The molecule has 2 heterocycles. The number of thiophene rings is 1. The van der Waals surface area contributed by atoms with E-state index in [4.69, 9.17) is 5.11 Å². The molecule has 0 fully saturated rings. The summed E-state index contributed by atoms with van der Waals surface area (Å²) in [5, 5.41) is 9.47. The van der Waals surface area contributed by atoms with E-state index < -0.39 is 0 Å². The van der Waals surface area contributed by atoms with Crippen LogP contribution < -0.4 is 5.56 Å². The van der Waals surface area contributed by atoms with Gasteiger partial charge in [0.1, 0.15) is 17.3 Å². The Morgan fingerprint density at radius 3 is 3.07 bits per heavy atom. The third kappa shape index (κ3) is 1.44. The SMILES string of the molecule is CCc1cc2c(=O)[nH]c(CO)nc2s1. The molecule has 2 rings (SSSR count). The van der Waals surface area contributed by atoms with Gasteiger partial charge in [0.25, 0.3) is 5.56 Å². The van der Waals surface area contributed by atoms with Crippen molar-refractivity contribution in [3.63, 3.8) is 0 Å². The zero-order chi connectivity index (χ0) is 10.1. The van der Waals surface area contributed by atoms with Gasteiger partial charge in [-0.1, -0.05) is 6.92 Å². The van der Waals surface area contributed by atoms with Gasteiger partial charge in [-0.15, -0.1) is 11.3 Å². The summed E-state index contributed by atoms with van der Waals surface area (Å²) in [6.07, 6.45) is 0.898. The van der Waals surface area contributed by atoms with Crippen molar-refractivity contribution >= 4 is 21.6 Å². The van der Waals surface area contributed by atoms with Crippen LogP contribution in [0.15, 0.2) is 10.9 Å². The third-order valence-corrected chi connectivity index (χ3v) is 3.17. The standard InChI is InChI=1S/C9H10N2O2S/c1-2-5-3-6-8(13)10-7(4-12)11-9(6)14-5/h3,12H,2,4H2,1H3,(H,10,11,13). The average Bonchev–Trinajstić information content (AvgIpc) is 2.61. The summed E-state index contributed by atoms with van der Waals surface area (Å²) >= 11 is 1.50. The number of fused-ring (bicyclic) bond motifs is 1. The molecule has 0 aliphatic rings. The fourth-order valence-electron chi connectivity index (χ4n) is 1.28. The highest BCUT2D eigenvalue weighted by Crippen LogP contribution is 2.21. The lowest BCUT2D eigenvalue weighted by atomic mass is 10.3. The number of H-pyrrole nitrogens is 1. The van der Waals surface area contributed by atoms with E-state index >= 15 is 0 Å². The van der Waals surface area contributed by atoms with Gasteiger partial charge in [-0.25, -0.2) is 4.98 Å². The van der Waals surface area contributed by atoms with Crippen molar-refractivity contribution in [2.45, 2.75) is 20.0 Å². The number of aryl methyl sites for hydroxylation is 1. The largest absolute Gasteiger partial charge is 0.388 e. The Labute approximate surface area is 84.2 Å². The van der Waals surface area contributed by atoms with Crippen LogP contribution in [0.5, 0.6) is 0 Å². The fourth-order valence-corrected chi connectivity index (χ4v) is 2.26. The summed E-state index contributed by atoms with van der Waals surface area (Å²) in [4.78, 5) is 20.0. The molecule has 0 aliphatic heterocycles. The van der Waals surface area contributed by atoms with Crippen molar-refractivity contribution in [3.05, 3.63) is 27.1 Å². The fraction of sp³-hybridized carbons (Fsp3) is 0.333. The first-order valence-corrected chi connectivity index (χ1v) is 5.18. The minimum Gasteiger partial charge on any atom is -0.388 e. The third-order valence-electron chi connectivity index (χ3n) is 2.00. The van der Waals surface area contributed by atoms with E-state index in [9.17, 15) is 4.79 Å². The van der Waals surface area contributed by atoms with E-state index in [1.54, 1.807) is 0 Å². The minimum absolute atomic E-state index is 0.171. The number of rotatable bonds is 2. The van der Waals surface area contributed by atoms with Gasteiger partial charge in [0.2, 0.25) is 0 Å². The van der Waals surface area contributed by atoms with Crippen LogP contribution in [-0.2, 0) is 13.0 Å². The molecule has 0 bridgehead atoms. The van der Waals surface area contributed by atoms with Crippen LogP contribution >= 0.6 is 11.3 Å². The van der Waals surface area contributed by atoms with Crippen LogP contribution in [-0.4, -0.2) is 15.1 Å². The van der Waals surface area contributed by atoms with E-state index in [1.807, 2.05) is 13.0 Å². The highest BCUT2D eigenvalue weighted by Gasteiger charge is 2.06. The van der Waals surface area contributed by atoms with E-state index in [0.29, 0.717) is 16.0 Å². The van der Waals surface area contributed by atoms with Crippen LogP contribution in [0, 0.1) is 0 Å². The predicted octanol–water partition coefficient (Wildman–Crippen LogP) is 1.04. The maximum Gasteiger partial charge on any atom is 0.259 e. The lowest BCUT2D eigenvalue weighted by molar-refractivity contribution is 0.271. The summed E-state index contributed by atoms with van der Waals surface area (Å²) in [7, 11) is 0. The lowest BCUT2D eigenvalue weighted by Crippen LogP contribution is -2.10. The van der Waals surface area contributed by atoms with Crippen molar-refractivity contribution in [1.29, 1.82) is 0 Å². The van der Waals surface area contributed by atoms with Gasteiger partial charge in [0, 0.05) is 4.88 Å². The molecule has 5 heteroatoms. The molecule has 2 N–H and O–H groups in total. The van der Waals surface area contributed by atoms with Crippen molar-refractivity contribution < 1.29 is 5.11 Å². The Morgan fingerprint density at radius 1 is 1.64 bits per heavy atom. The first-order valence-electron chi connectivity index (χ1n) is 4.37. The topological polar surface area (TPSA) is 66.0 Å². The number of aliphatic hydroxyl groups excluding tert-OH is 1. The molecular formula is C9H10N2O2S. The summed E-state index contributed by atoms with van der Waals surface area (Å²) in [5.74, 6) is 0.326. The first kappa shape index (κ1) is 9.36. The molecule has 0 unspecified atom stereocenters. The highest BCUT2D eigenvalue weighted by atomic mass is 32.1. The van der Waals surface area contributed by atoms with E-state index in [1.165, 1.54) is 11.3 Å². The van der Waals surface area contributed by atoms with Crippen LogP contribution in [0.1, 0.15) is 17.6 Å². The zero-order valence-corrected chi connectivity index (χ0v) is 8.52. The summed E-state index contributed by atoms with van der Waals surface area (Å²) < 4.78 is 0. The van der Waals surface area contributed by atoms with Crippen molar-refractivity contribution in [2.24, 2.45) is 0 Å². The smallest absolute Gasteiger partial charge is 0.259 e. The van der Waals surface area contributed by atoms with Gasteiger partial charge >= 0.3 is 0 Å². The zero-order valence-electron chi connectivity index (χ0n) is 7.70.